The third kappa shape index (κ3) is 5.56. The van der Waals surface area contributed by atoms with Crippen LogP contribution in [0.15, 0.2) is 84.9 Å². The van der Waals surface area contributed by atoms with Crippen molar-refractivity contribution in [2.45, 2.75) is 52.1 Å². The molecular formula is C33H40N4. The minimum Gasteiger partial charge on any atom is -0.342 e. The number of H-pyrrole nitrogens is 1. The van der Waals surface area contributed by atoms with E-state index in [4.69, 9.17) is 4.98 Å². The van der Waals surface area contributed by atoms with Gasteiger partial charge in [0.25, 0.3) is 0 Å². The van der Waals surface area contributed by atoms with Gasteiger partial charge in [-0.1, -0.05) is 106 Å². The number of nitrogens with one attached hydrogen (secondary N) is 1. The summed E-state index contributed by atoms with van der Waals surface area (Å²) < 4.78 is 0. The normalized spacial score (nSPS) is 16.3. The molecule has 1 aliphatic rings. The van der Waals surface area contributed by atoms with Gasteiger partial charge in [0.2, 0.25) is 0 Å². The van der Waals surface area contributed by atoms with Crippen LogP contribution in [0, 0.1) is 6.92 Å². The molecule has 4 aromatic rings. The van der Waals surface area contributed by atoms with Crippen LogP contribution in [-0.2, 0) is 5.41 Å². The fraction of sp³-hybridized carbons (Fsp3) is 0.364. The zero-order chi connectivity index (χ0) is 26.0. The van der Waals surface area contributed by atoms with Crippen molar-refractivity contribution in [1.82, 2.24) is 19.8 Å². The lowest BCUT2D eigenvalue weighted by Gasteiger charge is -2.41. The van der Waals surface area contributed by atoms with Crippen molar-refractivity contribution in [2.75, 3.05) is 26.2 Å². The highest BCUT2D eigenvalue weighted by Crippen LogP contribution is 2.32. The Labute approximate surface area is 222 Å². The Morgan fingerprint density at radius 1 is 0.730 bits per heavy atom. The Bertz CT molecular complexity index is 1240. The van der Waals surface area contributed by atoms with Gasteiger partial charge in [0, 0.05) is 37.4 Å². The van der Waals surface area contributed by atoms with Gasteiger partial charge in [0.15, 0.2) is 0 Å². The Hall–Kier alpha value is -3.21. The van der Waals surface area contributed by atoms with Crippen LogP contribution in [0.2, 0.25) is 0 Å². The van der Waals surface area contributed by atoms with E-state index in [-0.39, 0.29) is 17.5 Å². The number of hydrogen-bond donors (Lipinski definition) is 1. The number of piperazine rings is 1. The lowest BCUT2D eigenvalue weighted by atomic mass is 9.87. The summed E-state index contributed by atoms with van der Waals surface area (Å²) in [6.07, 6.45) is 0. The van der Waals surface area contributed by atoms with Gasteiger partial charge >= 0.3 is 0 Å². The molecule has 4 nitrogen and oxygen atoms in total. The summed E-state index contributed by atoms with van der Waals surface area (Å²) in [4.78, 5) is 13.9. The quantitative estimate of drug-likeness (QED) is 0.310. The molecule has 0 radical (unpaired) electrons. The summed E-state index contributed by atoms with van der Waals surface area (Å²) in [6.45, 7) is 15.3. The summed E-state index contributed by atoms with van der Waals surface area (Å²) in [6, 6.07) is 31.2. The number of aromatic nitrogens is 2. The van der Waals surface area contributed by atoms with E-state index in [0.29, 0.717) is 0 Å². The number of rotatable bonds is 6. The zero-order valence-electron chi connectivity index (χ0n) is 22.9. The van der Waals surface area contributed by atoms with Crippen molar-refractivity contribution in [3.05, 3.63) is 113 Å². The molecule has 1 N–H and O–H groups in total. The first-order valence-corrected chi connectivity index (χ1v) is 13.6. The van der Waals surface area contributed by atoms with Gasteiger partial charge in [0.05, 0.1) is 17.8 Å². The third-order valence-corrected chi connectivity index (χ3v) is 7.83. The molecular weight excluding hydrogens is 452 g/mol. The second-order valence-corrected chi connectivity index (χ2v) is 11.4. The maximum absolute atomic E-state index is 5.09. The predicted octanol–water partition coefficient (Wildman–Crippen LogP) is 7.15. The molecule has 0 amide bonds. The van der Waals surface area contributed by atoms with Crippen LogP contribution in [0.1, 0.15) is 67.9 Å². The summed E-state index contributed by atoms with van der Waals surface area (Å²) in [5.41, 5.74) is 7.69. The highest BCUT2D eigenvalue weighted by molar-refractivity contribution is 5.57. The fourth-order valence-electron chi connectivity index (χ4n) is 5.59. The Morgan fingerprint density at radius 2 is 1.24 bits per heavy atom. The number of imidazole rings is 1. The van der Waals surface area contributed by atoms with Crippen molar-refractivity contribution in [2.24, 2.45) is 0 Å². The van der Waals surface area contributed by atoms with Gasteiger partial charge in [-0.25, -0.2) is 4.98 Å². The maximum Gasteiger partial charge on any atom is 0.137 e. The molecule has 5 rings (SSSR count). The van der Waals surface area contributed by atoms with E-state index in [1.54, 1.807) is 0 Å². The molecule has 1 fully saturated rings. The van der Waals surface area contributed by atoms with E-state index in [1.807, 2.05) is 0 Å². The SMILES string of the molecule is Cc1[nH]c(-c2ccc(C(C)(C)C)cc2)nc1C(C)N1CCN(C(c2ccccc2)c2ccccc2)CC1. The van der Waals surface area contributed by atoms with Crippen LogP contribution in [0.4, 0.5) is 0 Å². The van der Waals surface area contributed by atoms with E-state index in [2.05, 4.69) is 134 Å². The molecule has 1 unspecified atom stereocenters. The molecule has 0 spiro atoms. The van der Waals surface area contributed by atoms with Gasteiger partial charge in [-0.15, -0.1) is 0 Å². The van der Waals surface area contributed by atoms with E-state index in [0.717, 1.165) is 49.0 Å². The Balaban J connectivity index is 1.30. The van der Waals surface area contributed by atoms with Crippen LogP contribution < -0.4 is 0 Å². The molecule has 2 heterocycles. The molecule has 192 valence electrons. The first kappa shape index (κ1) is 25.4. The molecule has 3 aromatic carbocycles. The Morgan fingerprint density at radius 3 is 1.76 bits per heavy atom. The molecule has 37 heavy (non-hydrogen) atoms. The van der Waals surface area contributed by atoms with Gasteiger partial charge in [0.1, 0.15) is 5.82 Å². The average molecular weight is 493 g/mol. The number of benzene rings is 3. The fourth-order valence-corrected chi connectivity index (χ4v) is 5.59. The van der Waals surface area contributed by atoms with Crippen LogP contribution in [0.5, 0.6) is 0 Å². The van der Waals surface area contributed by atoms with Crippen molar-refractivity contribution >= 4 is 0 Å². The van der Waals surface area contributed by atoms with Crippen molar-refractivity contribution in [1.29, 1.82) is 0 Å². The van der Waals surface area contributed by atoms with Gasteiger partial charge < -0.3 is 4.98 Å². The minimum atomic E-state index is 0.152. The van der Waals surface area contributed by atoms with E-state index in [9.17, 15) is 0 Å². The third-order valence-electron chi connectivity index (χ3n) is 7.83. The smallest absolute Gasteiger partial charge is 0.137 e. The monoisotopic (exact) mass is 492 g/mol. The zero-order valence-corrected chi connectivity index (χ0v) is 22.9. The van der Waals surface area contributed by atoms with Crippen LogP contribution in [0.3, 0.4) is 0 Å². The first-order valence-electron chi connectivity index (χ1n) is 13.6. The van der Waals surface area contributed by atoms with Gasteiger partial charge in [-0.2, -0.15) is 0 Å². The van der Waals surface area contributed by atoms with E-state index < -0.39 is 0 Å². The van der Waals surface area contributed by atoms with Crippen molar-refractivity contribution in [3.63, 3.8) is 0 Å². The largest absolute Gasteiger partial charge is 0.342 e. The number of nitrogens with zero attached hydrogens (tertiary/aromatic N) is 3. The van der Waals surface area contributed by atoms with Gasteiger partial charge in [-0.3, -0.25) is 9.80 Å². The highest BCUT2D eigenvalue weighted by Gasteiger charge is 2.30. The summed E-state index contributed by atoms with van der Waals surface area (Å²) in [7, 11) is 0. The molecule has 1 aromatic heterocycles. The van der Waals surface area contributed by atoms with Crippen LogP contribution in [0.25, 0.3) is 11.4 Å². The molecule has 0 bridgehead atoms. The second-order valence-electron chi connectivity index (χ2n) is 11.4. The van der Waals surface area contributed by atoms with E-state index >= 15 is 0 Å². The number of hydrogen-bond acceptors (Lipinski definition) is 3. The van der Waals surface area contributed by atoms with Crippen molar-refractivity contribution < 1.29 is 0 Å². The maximum atomic E-state index is 5.09. The molecule has 4 heteroatoms. The topological polar surface area (TPSA) is 35.2 Å². The summed E-state index contributed by atoms with van der Waals surface area (Å²) >= 11 is 0. The Kier molecular flexibility index (Phi) is 7.32. The average Bonchev–Trinajstić information content (AvgIpc) is 3.31. The molecule has 1 atom stereocenters. The summed E-state index contributed by atoms with van der Waals surface area (Å²) in [5, 5.41) is 0. The number of aryl methyl sites for hydroxylation is 1. The van der Waals surface area contributed by atoms with Gasteiger partial charge in [-0.05, 0) is 36.0 Å². The lowest BCUT2D eigenvalue weighted by Crippen LogP contribution is -2.48. The number of aromatic amines is 1. The van der Waals surface area contributed by atoms with E-state index in [1.165, 1.54) is 16.7 Å². The molecule has 1 aliphatic heterocycles. The second kappa shape index (κ2) is 10.6. The molecule has 0 aliphatic carbocycles. The predicted molar refractivity (Wildman–Crippen MR) is 154 cm³/mol. The first-order chi connectivity index (χ1) is 17.8. The highest BCUT2D eigenvalue weighted by atomic mass is 15.3. The van der Waals surface area contributed by atoms with Crippen molar-refractivity contribution in [3.8, 4) is 11.4 Å². The lowest BCUT2D eigenvalue weighted by molar-refractivity contribution is 0.0826. The van der Waals surface area contributed by atoms with Crippen LogP contribution >= 0.6 is 0 Å². The summed E-state index contributed by atoms with van der Waals surface area (Å²) in [5.74, 6) is 0.965. The van der Waals surface area contributed by atoms with Crippen LogP contribution in [-0.4, -0.2) is 45.9 Å². The molecule has 1 saturated heterocycles. The minimum absolute atomic E-state index is 0.152. The molecule has 0 saturated carbocycles. The standard InChI is InChI=1S/C33H40N4/c1-24-30(35-32(34-24)28-16-18-29(19-17-28)33(3,4)5)25(2)36-20-22-37(23-21-36)31(26-12-8-6-9-13-26)27-14-10-7-11-15-27/h6-19,25,31H,20-23H2,1-5H3,(H,34,35).